The molecule has 2 aromatic rings. The first-order valence-corrected chi connectivity index (χ1v) is 4.51. The van der Waals surface area contributed by atoms with Crippen LogP contribution in [-0.4, -0.2) is 15.0 Å². The molecule has 70 valence electrons. The average molecular weight is 228 g/mol. The standard InChI is InChI=1S/C8H4Cl2N4/c1-2-3-14-4-11-7-5(14)6(9)12-8(10)13-7/h1,4H,3H2/p+1. The van der Waals surface area contributed by atoms with Crippen LogP contribution in [0.2, 0.25) is 10.4 Å². The van der Waals surface area contributed by atoms with Crippen LogP contribution in [0.4, 0.5) is 0 Å². The summed E-state index contributed by atoms with van der Waals surface area (Å²) in [5.41, 5.74) is 1.24. The molecule has 0 saturated carbocycles. The molecule has 1 N–H and O–H groups in total. The molecule has 0 aliphatic rings. The van der Waals surface area contributed by atoms with Crippen molar-refractivity contribution in [1.29, 1.82) is 0 Å². The first kappa shape index (κ1) is 9.25. The third kappa shape index (κ3) is 1.41. The Kier molecular flexibility index (Phi) is 2.28. The molecule has 0 saturated heterocycles. The van der Waals surface area contributed by atoms with Crippen molar-refractivity contribution in [1.82, 2.24) is 15.0 Å². The van der Waals surface area contributed by atoms with Crippen LogP contribution in [-0.2, 0) is 6.54 Å². The number of hydrogen-bond donors (Lipinski definition) is 1. The average Bonchev–Trinajstić information content (AvgIpc) is 2.49. The molecule has 0 radical (unpaired) electrons. The molecule has 0 fully saturated rings. The van der Waals surface area contributed by atoms with Crippen LogP contribution in [0.25, 0.3) is 11.2 Å². The lowest BCUT2D eigenvalue weighted by Crippen LogP contribution is -2.31. The van der Waals surface area contributed by atoms with Gasteiger partial charge in [0.1, 0.15) is 0 Å². The van der Waals surface area contributed by atoms with Gasteiger partial charge >= 0.3 is 0 Å². The fourth-order valence-corrected chi connectivity index (χ4v) is 1.67. The van der Waals surface area contributed by atoms with E-state index in [0.29, 0.717) is 17.7 Å². The monoisotopic (exact) mass is 227 g/mol. The Bertz CT molecular complexity index is 526. The molecule has 2 heterocycles. The number of H-pyrrole nitrogens is 1. The van der Waals surface area contributed by atoms with Gasteiger partial charge in [0.05, 0.1) is 0 Å². The molecule has 14 heavy (non-hydrogen) atoms. The van der Waals surface area contributed by atoms with Gasteiger partial charge in [-0.15, -0.1) is 6.42 Å². The van der Waals surface area contributed by atoms with Gasteiger partial charge in [0.15, 0.2) is 11.7 Å². The van der Waals surface area contributed by atoms with Crippen molar-refractivity contribution in [2.45, 2.75) is 6.54 Å². The molecule has 0 aromatic carbocycles. The molecule has 0 amide bonds. The van der Waals surface area contributed by atoms with E-state index < -0.39 is 0 Å². The minimum atomic E-state index is 0.109. The number of fused-ring (bicyclic) bond motifs is 1. The fraction of sp³-hybridized carbons (Fsp3) is 0.125. The molecule has 4 nitrogen and oxygen atoms in total. The third-order valence-corrected chi connectivity index (χ3v) is 2.15. The molecule has 2 rings (SSSR count). The highest BCUT2D eigenvalue weighted by molar-refractivity contribution is 6.34. The molecule has 0 aliphatic heterocycles. The smallest absolute Gasteiger partial charge is 0.227 e. The summed E-state index contributed by atoms with van der Waals surface area (Å²) in [5.74, 6) is 2.50. The van der Waals surface area contributed by atoms with E-state index in [4.69, 9.17) is 29.6 Å². The largest absolute Gasteiger partial charge is 0.272 e. The van der Waals surface area contributed by atoms with Crippen molar-refractivity contribution < 1.29 is 4.57 Å². The van der Waals surface area contributed by atoms with E-state index in [1.807, 2.05) is 0 Å². The number of nitrogens with zero attached hydrogens (tertiary/aromatic N) is 3. The van der Waals surface area contributed by atoms with E-state index in [2.05, 4.69) is 20.9 Å². The predicted octanol–water partition coefficient (Wildman–Crippen LogP) is 1.19. The molecule has 0 aliphatic carbocycles. The van der Waals surface area contributed by atoms with Gasteiger partial charge in [0.2, 0.25) is 17.1 Å². The summed E-state index contributed by atoms with van der Waals surface area (Å²) in [6.07, 6.45) is 6.88. The SMILES string of the molecule is C#CC[n+]1c[nH]c2nc(Cl)nc(Cl)c21. The van der Waals surface area contributed by atoms with Crippen molar-refractivity contribution in [3.05, 3.63) is 16.8 Å². The summed E-state index contributed by atoms with van der Waals surface area (Å²) in [7, 11) is 0. The Hall–Kier alpha value is -1.31. The molecule has 0 spiro atoms. The van der Waals surface area contributed by atoms with Crippen LogP contribution in [0.5, 0.6) is 0 Å². The fourth-order valence-electron chi connectivity index (χ4n) is 1.18. The maximum atomic E-state index is 5.90. The lowest BCUT2D eigenvalue weighted by molar-refractivity contribution is -0.658. The number of rotatable bonds is 1. The Morgan fingerprint density at radius 2 is 2.29 bits per heavy atom. The number of nitrogens with one attached hydrogen (secondary N) is 1. The highest BCUT2D eigenvalue weighted by Gasteiger charge is 2.16. The summed E-state index contributed by atoms with van der Waals surface area (Å²) in [6, 6.07) is 0. The van der Waals surface area contributed by atoms with Crippen molar-refractivity contribution in [2.75, 3.05) is 0 Å². The minimum absolute atomic E-state index is 0.109. The Balaban J connectivity index is 2.74. The Labute approximate surface area is 89.9 Å². The first-order valence-electron chi connectivity index (χ1n) is 3.75. The van der Waals surface area contributed by atoms with Crippen molar-refractivity contribution in [3.63, 3.8) is 0 Å². The summed E-state index contributed by atoms with van der Waals surface area (Å²) in [6.45, 7) is 0.407. The predicted molar refractivity (Wildman–Crippen MR) is 52.9 cm³/mol. The lowest BCUT2D eigenvalue weighted by atomic mass is 10.5. The van der Waals surface area contributed by atoms with Gasteiger partial charge in [-0.1, -0.05) is 17.5 Å². The highest BCUT2D eigenvalue weighted by atomic mass is 35.5. The maximum absolute atomic E-state index is 5.90. The van der Waals surface area contributed by atoms with Crippen molar-refractivity contribution in [2.24, 2.45) is 0 Å². The molecule has 6 heteroatoms. The molecular weight excluding hydrogens is 223 g/mol. The van der Waals surface area contributed by atoms with Crippen LogP contribution in [0, 0.1) is 12.3 Å². The zero-order valence-corrected chi connectivity index (χ0v) is 8.47. The second kappa shape index (κ2) is 3.45. The number of aromatic amines is 1. The topological polar surface area (TPSA) is 45.5 Å². The van der Waals surface area contributed by atoms with Gasteiger partial charge < -0.3 is 0 Å². The minimum Gasteiger partial charge on any atom is -0.227 e. The van der Waals surface area contributed by atoms with Crippen LogP contribution >= 0.6 is 23.2 Å². The van der Waals surface area contributed by atoms with Crippen LogP contribution in [0.1, 0.15) is 0 Å². The van der Waals surface area contributed by atoms with E-state index in [9.17, 15) is 0 Å². The summed E-state index contributed by atoms with van der Waals surface area (Å²) in [4.78, 5) is 10.7. The van der Waals surface area contributed by atoms with Gasteiger partial charge in [-0.3, -0.25) is 0 Å². The second-order valence-corrected chi connectivity index (χ2v) is 3.28. The van der Waals surface area contributed by atoms with Gasteiger partial charge in [0, 0.05) is 0 Å². The summed E-state index contributed by atoms with van der Waals surface area (Å²) < 4.78 is 1.74. The molecule has 2 aromatic heterocycles. The first-order chi connectivity index (χ1) is 6.72. The second-order valence-electron chi connectivity index (χ2n) is 2.59. The maximum Gasteiger partial charge on any atom is 0.272 e. The number of terminal acetylenes is 1. The van der Waals surface area contributed by atoms with Gasteiger partial charge in [0.25, 0.3) is 5.65 Å². The quantitative estimate of drug-likeness (QED) is 0.345. The normalized spacial score (nSPS) is 10.4. The van der Waals surface area contributed by atoms with E-state index in [1.54, 1.807) is 10.9 Å². The van der Waals surface area contributed by atoms with Crippen LogP contribution in [0.15, 0.2) is 6.33 Å². The van der Waals surface area contributed by atoms with Gasteiger partial charge in [-0.25, -0.2) is 14.5 Å². The molecule has 0 bridgehead atoms. The van der Waals surface area contributed by atoms with Crippen LogP contribution < -0.4 is 4.57 Å². The van der Waals surface area contributed by atoms with Crippen molar-refractivity contribution >= 4 is 34.4 Å². The van der Waals surface area contributed by atoms with E-state index in [0.717, 1.165) is 0 Å². The number of hydrogen-bond acceptors (Lipinski definition) is 2. The highest BCUT2D eigenvalue weighted by Crippen LogP contribution is 2.16. The Morgan fingerprint density at radius 3 is 3.00 bits per heavy atom. The number of aromatic nitrogens is 4. The van der Waals surface area contributed by atoms with Crippen molar-refractivity contribution in [3.8, 4) is 12.3 Å². The molecule has 0 unspecified atom stereocenters. The van der Waals surface area contributed by atoms with Crippen LogP contribution in [0.3, 0.4) is 0 Å². The van der Waals surface area contributed by atoms with Gasteiger partial charge in [-0.05, 0) is 11.6 Å². The van der Waals surface area contributed by atoms with E-state index in [-0.39, 0.29) is 10.4 Å². The molecule has 0 atom stereocenters. The summed E-state index contributed by atoms with van der Waals surface area (Å²) in [5, 5.41) is 0.397. The molecular formula is C8H5Cl2N4+. The lowest BCUT2D eigenvalue weighted by Gasteiger charge is -1.92. The van der Waals surface area contributed by atoms with E-state index >= 15 is 0 Å². The summed E-state index contributed by atoms with van der Waals surface area (Å²) >= 11 is 11.5. The Morgan fingerprint density at radius 1 is 1.50 bits per heavy atom. The number of imidazole rings is 1. The van der Waals surface area contributed by atoms with E-state index in [1.165, 1.54) is 0 Å². The zero-order valence-electron chi connectivity index (χ0n) is 6.96. The van der Waals surface area contributed by atoms with Gasteiger partial charge in [-0.2, -0.15) is 4.98 Å². The third-order valence-electron chi connectivity index (χ3n) is 1.72. The zero-order chi connectivity index (χ0) is 10.1. The number of halogens is 2.